The van der Waals surface area contributed by atoms with E-state index in [1.165, 1.54) is 38.5 Å². The molecule has 0 saturated carbocycles. The number of allylic oxidation sites excluding steroid dienone is 1. The van der Waals surface area contributed by atoms with Crippen molar-refractivity contribution in [3.8, 4) is 0 Å². The molecule has 0 amide bonds. The summed E-state index contributed by atoms with van der Waals surface area (Å²) in [6.45, 7) is 4.10. The number of unbranched alkanes of at least 4 members (excludes halogenated alkanes) is 1. The molecule has 20 heavy (non-hydrogen) atoms. The van der Waals surface area contributed by atoms with Crippen molar-refractivity contribution in [1.29, 1.82) is 0 Å². The SMILES string of the molecule is CCCCC1CC2CCC=CC2C(OCCN(C)C)N1. The highest BCUT2D eigenvalue weighted by atomic mass is 16.5. The summed E-state index contributed by atoms with van der Waals surface area (Å²) in [6.07, 6.45) is 12.8. The van der Waals surface area contributed by atoms with E-state index < -0.39 is 0 Å². The van der Waals surface area contributed by atoms with E-state index in [0.29, 0.717) is 12.0 Å². The average molecular weight is 280 g/mol. The van der Waals surface area contributed by atoms with E-state index in [-0.39, 0.29) is 6.23 Å². The highest BCUT2D eigenvalue weighted by Crippen LogP contribution is 2.36. The lowest BCUT2D eigenvalue weighted by Crippen LogP contribution is -2.53. The minimum atomic E-state index is 0.229. The summed E-state index contributed by atoms with van der Waals surface area (Å²) in [5.74, 6) is 1.41. The van der Waals surface area contributed by atoms with Gasteiger partial charge >= 0.3 is 0 Å². The van der Waals surface area contributed by atoms with Gasteiger partial charge < -0.3 is 9.64 Å². The zero-order valence-corrected chi connectivity index (χ0v) is 13.5. The predicted octanol–water partition coefficient (Wildman–Crippen LogP) is 3.03. The standard InChI is InChI=1S/C17H32N2O/c1-4-5-9-15-13-14-8-6-7-10-16(14)17(18-15)20-12-11-19(2)3/h7,10,14-18H,4-6,8-9,11-13H2,1-3H3. The fraction of sp³-hybridized carbons (Fsp3) is 0.882. The lowest BCUT2D eigenvalue weighted by Gasteiger charge is -2.43. The molecule has 1 aliphatic heterocycles. The molecule has 4 atom stereocenters. The summed E-state index contributed by atoms with van der Waals surface area (Å²) >= 11 is 0. The lowest BCUT2D eigenvalue weighted by molar-refractivity contribution is -0.0528. The smallest absolute Gasteiger partial charge is 0.114 e. The van der Waals surface area contributed by atoms with E-state index in [1.807, 2.05) is 0 Å². The third-order valence-corrected chi connectivity index (χ3v) is 4.69. The maximum atomic E-state index is 6.17. The highest BCUT2D eigenvalue weighted by molar-refractivity contribution is 5.03. The Kier molecular flexibility index (Phi) is 6.53. The van der Waals surface area contributed by atoms with Crippen molar-refractivity contribution in [2.24, 2.45) is 11.8 Å². The molecule has 1 saturated heterocycles. The molecule has 1 N–H and O–H groups in total. The number of piperidine rings is 1. The molecule has 3 nitrogen and oxygen atoms in total. The number of nitrogens with zero attached hydrogens (tertiary/aromatic N) is 1. The van der Waals surface area contributed by atoms with Gasteiger partial charge in [0.05, 0.1) is 6.61 Å². The highest BCUT2D eigenvalue weighted by Gasteiger charge is 2.37. The molecule has 3 heteroatoms. The number of fused-ring (bicyclic) bond motifs is 1. The number of ether oxygens (including phenoxy) is 1. The number of hydrogen-bond donors (Lipinski definition) is 1. The Hall–Kier alpha value is -0.380. The van der Waals surface area contributed by atoms with Gasteiger partial charge in [0.15, 0.2) is 0 Å². The van der Waals surface area contributed by atoms with Crippen molar-refractivity contribution in [3.63, 3.8) is 0 Å². The molecule has 4 unspecified atom stereocenters. The Morgan fingerprint density at radius 1 is 1.35 bits per heavy atom. The van der Waals surface area contributed by atoms with Gasteiger partial charge in [-0.15, -0.1) is 0 Å². The molecule has 1 heterocycles. The van der Waals surface area contributed by atoms with Gasteiger partial charge in [0.1, 0.15) is 6.23 Å². The summed E-state index contributed by atoms with van der Waals surface area (Å²) in [4.78, 5) is 2.19. The van der Waals surface area contributed by atoms with Crippen LogP contribution in [0.2, 0.25) is 0 Å². The van der Waals surface area contributed by atoms with Crippen molar-refractivity contribution in [2.75, 3.05) is 27.2 Å². The molecule has 0 aromatic heterocycles. The number of hydrogen-bond acceptors (Lipinski definition) is 3. The van der Waals surface area contributed by atoms with Gasteiger partial charge in [0.25, 0.3) is 0 Å². The summed E-state index contributed by atoms with van der Waals surface area (Å²) in [5, 5.41) is 3.77. The summed E-state index contributed by atoms with van der Waals surface area (Å²) in [7, 11) is 4.20. The molecular weight excluding hydrogens is 248 g/mol. The van der Waals surface area contributed by atoms with Gasteiger partial charge in [-0.2, -0.15) is 0 Å². The molecule has 1 fully saturated rings. The number of nitrogens with one attached hydrogen (secondary N) is 1. The first-order chi connectivity index (χ1) is 9.70. The van der Waals surface area contributed by atoms with Crippen LogP contribution in [-0.2, 0) is 4.74 Å². The van der Waals surface area contributed by atoms with Crippen LogP contribution in [-0.4, -0.2) is 44.4 Å². The fourth-order valence-electron chi connectivity index (χ4n) is 3.49. The van der Waals surface area contributed by atoms with E-state index >= 15 is 0 Å². The van der Waals surface area contributed by atoms with Gasteiger partial charge in [-0.05, 0) is 45.7 Å². The molecular formula is C17H32N2O. The third-order valence-electron chi connectivity index (χ3n) is 4.69. The molecule has 2 rings (SSSR count). The van der Waals surface area contributed by atoms with Crippen LogP contribution >= 0.6 is 0 Å². The minimum absolute atomic E-state index is 0.229. The molecule has 0 bridgehead atoms. The fourth-order valence-corrected chi connectivity index (χ4v) is 3.49. The van der Waals surface area contributed by atoms with Gasteiger partial charge in [-0.3, -0.25) is 5.32 Å². The summed E-state index contributed by atoms with van der Waals surface area (Å²) in [5.41, 5.74) is 0. The Morgan fingerprint density at radius 2 is 2.20 bits per heavy atom. The van der Waals surface area contributed by atoms with Crippen LogP contribution in [0.4, 0.5) is 0 Å². The van der Waals surface area contributed by atoms with Crippen LogP contribution in [0.3, 0.4) is 0 Å². The van der Waals surface area contributed by atoms with Crippen LogP contribution in [0.25, 0.3) is 0 Å². The van der Waals surface area contributed by atoms with Crippen LogP contribution in [0, 0.1) is 11.8 Å². The molecule has 0 spiro atoms. The first kappa shape index (κ1) is 16.0. The van der Waals surface area contributed by atoms with E-state index in [4.69, 9.17) is 4.74 Å². The third kappa shape index (κ3) is 4.57. The molecule has 0 aromatic carbocycles. The maximum Gasteiger partial charge on any atom is 0.114 e. The van der Waals surface area contributed by atoms with Crippen molar-refractivity contribution in [2.45, 2.75) is 57.7 Å². The quantitative estimate of drug-likeness (QED) is 0.726. The molecule has 2 aliphatic rings. The van der Waals surface area contributed by atoms with E-state index in [0.717, 1.165) is 19.1 Å². The Bertz CT molecular complexity index is 303. The normalized spacial score (nSPS) is 33.4. The second-order valence-corrected chi connectivity index (χ2v) is 6.68. The largest absolute Gasteiger partial charge is 0.361 e. The van der Waals surface area contributed by atoms with Crippen molar-refractivity contribution >= 4 is 0 Å². The number of rotatable bonds is 7. The second kappa shape index (κ2) is 8.16. The lowest BCUT2D eigenvalue weighted by atomic mass is 9.75. The van der Waals surface area contributed by atoms with Gasteiger partial charge in [0.2, 0.25) is 0 Å². The monoisotopic (exact) mass is 280 g/mol. The number of likely N-dealkylation sites (N-methyl/N-ethyl adjacent to an activating group) is 1. The zero-order valence-electron chi connectivity index (χ0n) is 13.5. The van der Waals surface area contributed by atoms with E-state index in [9.17, 15) is 0 Å². The zero-order chi connectivity index (χ0) is 14.4. The molecule has 116 valence electrons. The summed E-state index contributed by atoms with van der Waals surface area (Å²) in [6, 6.07) is 0.659. The van der Waals surface area contributed by atoms with Crippen molar-refractivity contribution in [3.05, 3.63) is 12.2 Å². The van der Waals surface area contributed by atoms with Gasteiger partial charge in [0, 0.05) is 18.5 Å². The predicted molar refractivity (Wildman–Crippen MR) is 84.7 cm³/mol. The maximum absolute atomic E-state index is 6.17. The molecule has 0 aromatic rings. The van der Waals surface area contributed by atoms with Gasteiger partial charge in [-0.25, -0.2) is 0 Å². The van der Waals surface area contributed by atoms with Crippen LogP contribution < -0.4 is 5.32 Å². The van der Waals surface area contributed by atoms with E-state index in [2.05, 4.69) is 43.4 Å². The Balaban J connectivity index is 1.90. The van der Waals surface area contributed by atoms with Crippen LogP contribution in [0.5, 0.6) is 0 Å². The van der Waals surface area contributed by atoms with Crippen LogP contribution in [0.15, 0.2) is 12.2 Å². The summed E-state index contributed by atoms with van der Waals surface area (Å²) < 4.78 is 6.17. The van der Waals surface area contributed by atoms with Crippen molar-refractivity contribution in [1.82, 2.24) is 10.2 Å². The van der Waals surface area contributed by atoms with Crippen molar-refractivity contribution < 1.29 is 4.74 Å². The molecule has 0 radical (unpaired) electrons. The first-order valence-corrected chi connectivity index (χ1v) is 8.39. The molecule has 1 aliphatic carbocycles. The average Bonchev–Trinajstić information content (AvgIpc) is 2.44. The Labute approximate surface area is 124 Å². The van der Waals surface area contributed by atoms with Gasteiger partial charge in [-0.1, -0.05) is 31.9 Å². The van der Waals surface area contributed by atoms with E-state index in [1.54, 1.807) is 0 Å². The second-order valence-electron chi connectivity index (χ2n) is 6.68. The minimum Gasteiger partial charge on any atom is -0.361 e. The first-order valence-electron chi connectivity index (χ1n) is 8.39. The Morgan fingerprint density at radius 3 is 2.95 bits per heavy atom. The topological polar surface area (TPSA) is 24.5 Å². The van der Waals surface area contributed by atoms with Crippen LogP contribution in [0.1, 0.15) is 45.4 Å².